The molecule has 1 fully saturated rings. The van der Waals surface area contributed by atoms with Gasteiger partial charge >= 0.3 is 0 Å². The highest BCUT2D eigenvalue weighted by Crippen LogP contribution is 2.29. The molecule has 2 rings (SSSR count). The second-order valence-electron chi connectivity index (χ2n) is 4.76. The van der Waals surface area contributed by atoms with Crippen molar-refractivity contribution in [1.82, 2.24) is 4.98 Å². The lowest BCUT2D eigenvalue weighted by Gasteiger charge is -2.18. The van der Waals surface area contributed by atoms with Crippen LogP contribution in [0.4, 0.5) is 11.5 Å². The summed E-state index contributed by atoms with van der Waals surface area (Å²) in [6, 6.07) is 3.47. The Balaban J connectivity index is 2.20. The van der Waals surface area contributed by atoms with Crippen molar-refractivity contribution >= 4 is 27.4 Å². The number of nitrogens with zero attached hydrogens (tertiary/aromatic N) is 2. The number of aryl methyl sites for hydroxylation is 1. The molecule has 0 radical (unpaired) electrons. The van der Waals surface area contributed by atoms with E-state index < -0.39 is 10.0 Å². The number of hydrogen-bond donors (Lipinski definition) is 2. The van der Waals surface area contributed by atoms with Gasteiger partial charge in [-0.3, -0.25) is 4.79 Å². The highest BCUT2D eigenvalue weighted by atomic mass is 32.2. The van der Waals surface area contributed by atoms with Crippen LogP contribution in [0.2, 0.25) is 0 Å². The molecule has 2 heterocycles. The third-order valence-electron chi connectivity index (χ3n) is 3.01. The smallest absolute Gasteiger partial charge is 0.227 e. The number of carbonyl (C=O) groups is 1. The van der Waals surface area contributed by atoms with Gasteiger partial charge in [0.2, 0.25) is 15.9 Å². The highest BCUT2D eigenvalue weighted by molar-refractivity contribution is 7.89. The van der Waals surface area contributed by atoms with Gasteiger partial charge in [-0.25, -0.2) is 18.5 Å². The monoisotopic (exact) mass is 284 g/mol. The molecule has 0 spiro atoms. The van der Waals surface area contributed by atoms with Crippen molar-refractivity contribution in [3.63, 3.8) is 0 Å². The lowest BCUT2D eigenvalue weighted by molar-refractivity contribution is -0.117. The molecule has 104 valence electrons. The predicted octanol–water partition coefficient (Wildman–Crippen LogP) is -0.386. The van der Waals surface area contributed by atoms with Crippen molar-refractivity contribution < 1.29 is 13.2 Å². The van der Waals surface area contributed by atoms with Crippen LogP contribution in [0.5, 0.6) is 0 Å². The van der Waals surface area contributed by atoms with E-state index in [2.05, 4.69) is 4.98 Å². The van der Waals surface area contributed by atoms with Gasteiger partial charge in [-0.05, 0) is 19.1 Å². The van der Waals surface area contributed by atoms with Crippen molar-refractivity contribution in [3.05, 3.63) is 17.8 Å². The maximum absolute atomic E-state index is 11.9. The van der Waals surface area contributed by atoms with Gasteiger partial charge in [0.25, 0.3) is 0 Å². The number of amides is 1. The number of carbonyl (C=O) groups excluding carboxylic acids is 1. The van der Waals surface area contributed by atoms with Gasteiger partial charge in [0.05, 0.1) is 11.4 Å². The Bertz CT molecular complexity index is 614. The first-order valence-electron chi connectivity index (χ1n) is 5.80. The number of nitrogen functional groups attached to an aromatic ring is 1. The van der Waals surface area contributed by atoms with Crippen LogP contribution in [-0.2, 0) is 14.8 Å². The number of hydrogen-bond acceptors (Lipinski definition) is 5. The number of rotatable bonds is 3. The topological polar surface area (TPSA) is 119 Å². The predicted molar refractivity (Wildman–Crippen MR) is 71.8 cm³/mol. The van der Waals surface area contributed by atoms with Crippen molar-refractivity contribution in [2.24, 2.45) is 11.1 Å². The Labute approximate surface area is 111 Å². The molecule has 1 aliphatic rings. The zero-order chi connectivity index (χ0) is 14.2. The average Bonchev–Trinajstić information content (AvgIpc) is 2.56. The number of primary sulfonamides is 1. The van der Waals surface area contributed by atoms with Crippen LogP contribution in [0.25, 0.3) is 0 Å². The molecule has 0 aromatic carbocycles. The first-order chi connectivity index (χ1) is 8.76. The molecule has 1 aromatic heterocycles. The van der Waals surface area contributed by atoms with Crippen molar-refractivity contribution in [2.75, 3.05) is 22.9 Å². The van der Waals surface area contributed by atoms with Crippen molar-refractivity contribution in [3.8, 4) is 0 Å². The zero-order valence-electron chi connectivity index (χ0n) is 10.5. The Morgan fingerprint density at radius 3 is 2.74 bits per heavy atom. The summed E-state index contributed by atoms with van der Waals surface area (Å²) in [7, 11) is -3.58. The third kappa shape index (κ3) is 3.21. The van der Waals surface area contributed by atoms with Crippen molar-refractivity contribution in [2.45, 2.75) is 13.3 Å². The summed E-state index contributed by atoms with van der Waals surface area (Å²) in [5.74, 6) is -0.396. The summed E-state index contributed by atoms with van der Waals surface area (Å²) in [6.45, 7) is 2.10. The average molecular weight is 284 g/mol. The molecule has 1 saturated heterocycles. The highest BCUT2D eigenvalue weighted by Gasteiger charge is 2.33. The molecular formula is C11H16N4O3S. The Morgan fingerprint density at radius 1 is 1.47 bits per heavy atom. The van der Waals surface area contributed by atoms with E-state index in [9.17, 15) is 13.2 Å². The minimum atomic E-state index is -3.58. The molecule has 19 heavy (non-hydrogen) atoms. The molecule has 1 aromatic rings. The van der Waals surface area contributed by atoms with Crippen LogP contribution in [0.1, 0.15) is 12.1 Å². The maximum Gasteiger partial charge on any atom is 0.227 e. The van der Waals surface area contributed by atoms with E-state index >= 15 is 0 Å². The van der Waals surface area contributed by atoms with Gasteiger partial charge in [-0.2, -0.15) is 0 Å². The fourth-order valence-corrected chi connectivity index (χ4v) is 3.13. The number of nitrogens with two attached hydrogens (primary N) is 2. The van der Waals surface area contributed by atoms with E-state index in [4.69, 9.17) is 10.9 Å². The fourth-order valence-electron chi connectivity index (χ4n) is 2.25. The lowest BCUT2D eigenvalue weighted by Crippen LogP contribution is -2.28. The second kappa shape index (κ2) is 4.78. The minimum Gasteiger partial charge on any atom is -0.382 e. The Hall–Kier alpha value is -1.67. The molecule has 1 aliphatic heterocycles. The summed E-state index contributed by atoms with van der Waals surface area (Å²) < 4.78 is 22.1. The van der Waals surface area contributed by atoms with Gasteiger partial charge in [0.1, 0.15) is 5.82 Å². The van der Waals surface area contributed by atoms with Crippen LogP contribution in [-0.4, -0.2) is 31.6 Å². The summed E-state index contributed by atoms with van der Waals surface area (Å²) in [4.78, 5) is 17.5. The molecule has 7 nitrogen and oxygen atoms in total. The lowest BCUT2D eigenvalue weighted by atomic mass is 10.1. The molecule has 1 amide bonds. The van der Waals surface area contributed by atoms with Gasteiger partial charge in [0, 0.05) is 24.6 Å². The van der Waals surface area contributed by atoms with Crippen LogP contribution in [0.15, 0.2) is 12.1 Å². The molecule has 8 heteroatoms. The quantitative estimate of drug-likeness (QED) is 0.783. The van der Waals surface area contributed by atoms with Crippen molar-refractivity contribution in [1.29, 1.82) is 0 Å². The fraction of sp³-hybridized carbons (Fsp3) is 0.455. The second-order valence-corrected chi connectivity index (χ2v) is 6.42. The van der Waals surface area contributed by atoms with Gasteiger partial charge < -0.3 is 10.6 Å². The molecule has 1 unspecified atom stereocenters. The number of aromatic nitrogens is 1. The summed E-state index contributed by atoms with van der Waals surface area (Å²) >= 11 is 0. The van der Waals surface area contributed by atoms with E-state index in [1.165, 1.54) is 4.90 Å². The number of sulfonamides is 1. The number of anilines is 2. The first kappa shape index (κ1) is 13.8. The van der Waals surface area contributed by atoms with E-state index in [1.807, 2.05) is 0 Å². The first-order valence-corrected chi connectivity index (χ1v) is 7.52. The van der Waals surface area contributed by atoms with E-state index in [0.717, 1.165) is 5.69 Å². The third-order valence-corrected chi connectivity index (χ3v) is 3.94. The van der Waals surface area contributed by atoms with E-state index in [0.29, 0.717) is 12.2 Å². The van der Waals surface area contributed by atoms with Crippen LogP contribution in [0, 0.1) is 12.8 Å². The van der Waals surface area contributed by atoms with Crippen LogP contribution < -0.4 is 15.8 Å². The SMILES string of the molecule is Cc1ccc(N2CC(CS(N)(=O)=O)CC2=O)c(N)n1. The largest absolute Gasteiger partial charge is 0.382 e. The molecule has 1 atom stereocenters. The van der Waals surface area contributed by atoms with E-state index in [1.54, 1.807) is 19.1 Å². The summed E-state index contributed by atoms with van der Waals surface area (Å²) in [6.07, 6.45) is 0.156. The van der Waals surface area contributed by atoms with Gasteiger partial charge in [-0.15, -0.1) is 0 Å². The standard InChI is InChI=1S/C11H16N4O3S/c1-7-2-3-9(11(12)14-7)15-5-8(4-10(15)16)6-19(13,17)18/h2-3,8H,4-6H2,1H3,(H2,12,14)(H2,13,17,18). The maximum atomic E-state index is 11.9. The van der Waals surface area contributed by atoms with Crippen LogP contribution >= 0.6 is 0 Å². The number of pyridine rings is 1. The summed E-state index contributed by atoms with van der Waals surface area (Å²) in [5.41, 5.74) is 7.07. The Kier molecular flexibility index (Phi) is 3.46. The molecule has 0 aliphatic carbocycles. The van der Waals surface area contributed by atoms with Gasteiger partial charge in [0.15, 0.2) is 0 Å². The van der Waals surface area contributed by atoms with E-state index in [-0.39, 0.29) is 29.8 Å². The van der Waals surface area contributed by atoms with Crippen LogP contribution in [0.3, 0.4) is 0 Å². The van der Waals surface area contributed by atoms with Gasteiger partial charge in [-0.1, -0.05) is 0 Å². The molecule has 0 saturated carbocycles. The zero-order valence-corrected chi connectivity index (χ0v) is 11.4. The summed E-state index contributed by atoms with van der Waals surface area (Å²) in [5, 5.41) is 5.00. The normalized spacial score (nSPS) is 20.0. The molecular weight excluding hydrogens is 268 g/mol. The Morgan fingerprint density at radius 2 is 2.16 bits per heavy atom. The minimum absolute atomic E-state index is 0.156. The molecule has 4 N–H and O–H groups in total. The molecule has 0 bridgehead atoms.